The van der Waals surface area contributed by atoms with E-state index in [0.717, 1.165) is 6.42 Å². The molecule has 0 aliphatic carbocycles. The molecule has 0 aromatic heterocycles. The lowest BCUT2D eigenvalue weighted by Crippen LogP contribution is -1.90. The van der Waals surface area contributed by atoms with Crippen LogP contribution in [0.1, 0.15) is 35.6 Å². The van der Waals surface area contributed by atoms with Crippen LogP contribution in [0.25, 0.3) is 6.08 Å². The number of allylic oxidation sites excluding steroid dienone is 1. The quantitative estimate of drug-likeness (QED) is 0.654. The van der Waals surface area contributed by atoms with Gasteiger partial charge in [-0.05, 0) is 49.4 Å². The minimum atomic E-state index is 0.628. The van der Waals surface area contributed by atoms with Crippen LogP contribution in [0.5, 0.6) is 0 Å². The van der Waals surface area contributed by atoms with Crippen LogP contribution in [0.15, 0.2) is 17.7 Å². The SMILES string of the molecule is CCC(=Cc1cc(C)c(C)cc1C)CCl. The summed E-state index contributed by atoms with van der Waals surface area (Å²) in [5.41, 5.74) is 6.62. The van der Waals surface area contributed by atoms with E-state index in [9.17, 15) is 0 Å². The van der Waals surface area contributed by atoms with Gasteiger partial charge in [0.05, 0.1) is 0 Å². The zero-order valence-electron chi connectivity index (χ0n) is 10.0. The zero-order valence-corrected chi connectivity index (χ0v) is 10.8. The summed E-state index contributed by atoms with van der Waals surface area (Å²) in [4.78, 5) is 0. The fourth-order valence-corrected chi connectivity index (χ4v) is 1.86. The molecule has 0 aliphatic heterocycles. The number of alkyl halides is 1. The van der Waals surface area contributed by atoms with Gasteiger partial charge < -0.3 is 0 Å². The van der Waals surface area contributed by atoms with Gasteiger partial charge in [0.25, 0.3) is 0 Å². The van der Waals surface area contributed by atoms with E-state index in [1.54, 1.807) is 0 Å². The first-order chi connectivity index (χ1) is 7.08. The standard InChI is InChI=1S/C14H19Cl/c1-5-13(9-15)8-14-7-11(3)10(2)6-12(14)4/h6-8H,5,9H2,1-4H3. The number of aryl methyl sites for hydroxylation is 3. The summed E-state index contributed by atoms with van der Waals surface area (Å²) >= 11 is 5.87. The monoisotopic (exact) mass is 222 g/mol. The molecule has 0 spiro atoms. The largest absolute Gasteiger partial charge is 0.122 e. The molecule has 0 bridgehead atoms. The molecule has 82 valence electrons. The maximum Gasteiger partial charge on any atom is 0.0436 e. The Morgan fingerprint density at radius 2 is 1.73 bits per heavy atom. The van der Waals surface area contributed by atoms with Crippen LogP contribution in [-0.2, 0) is 0 Å². The van der Waals surface area contributed by atoms with Gasteiger partial charge in [-0.1, -0.05) is 30.7 Å². The van der Waals surface area contributed by atoms with Crippen molar-refractivity contribution in [2.45, 2.75) is 34.1 Å². The van der Waals surface area contributed by atoms with Crippen molar-refractivity contribution in [3.63, 3.8) is 0 Å². The number of benzene rings is 1. The summed E-state index contributed by atoms with van der Waals surface area (Å²) in [6.45, 7) is 8.60. The highest BCUT2D eigenvalue weighted by atomic mass is 35.5. The Morgan fingerprint density at radius 3 is 2.27 bits per heavy atom. The van der Waals surface area contributed by atoms with Crippen molar-refractivity contribution in [3.8, 4) is 0 Å². The topological polar surface area (TPSA) is 0 Å². The Morgan fingerprint density at radius 1 is 1.13 bits per heavy atom. The van der Waals surface area contributed by atoms with E-state index in [0.29, 0.717) is 5.88 Å². The Labute approximate surface area is 98.0 Å². The second-order valence-electron chi connectivity index (χ2n) is 4.08. The van der Waals surface area contributed by atoms with Gasteiger partial charge in [-0.15, -0.1) is 11.6 Å². The Hall–Kier alpha value is -0.750. The van der Waals surface area contributed by atoms with E-state index in [2.05, 4.69) is 45.9 Å². The second kappa shape index (κ2) is 5.37. The van der Waals surface area contributed by atoms with Crippen molar-refractivity contribution in [2.24, 2.45) is 0 Å². The molecule has 0 radical (unpaired) electrons. The van der Waals surface area contributed by atoms with Crippen molar-refractivity contribution < 1.29 is 0 Å². The van der Waals surface area contributed by atoms with Crippen molar-refractivity contribution in [2.75, 3.05) is 5.88 Å². The maximum absolute atomic E-state index is 5.87. The highest BCUT2D eigenvalue weighted by Crippen LogP contribution is 2.19. The molecule has 0 unspecified atom stereocenters. The Bertz CT molecular complexity index is 369. The van der Waals surface area contributed by atoms with Gasteiger partial charge in [-0.25, -0.2) is 0 Å². The van der Waals surface area contributed by atoms with Crippen LogP contribution in [0.2, 0.25) is 0 Å². The first-order valence-corrected chi connectivity index (χ1v) is 5.95. The summed E-state index contributed by atoms with van der Waals surface area (Å²) in [6.07, 6.45) is 3.24. The molecule has 1 rings (SSSR count). The van der Waals surface area contributed by atoms with Gasteiger partial charge in [0.1, 0.15) is 0 Å². The van der Waals surface area contributed by atoms with Gasteiger partial charge in [0.2, 0.25) is 0 Å². The minimum Gasteiger partial charge on any atom is -0.122 e. The predicted molar refractivity (Wildman–Crippen MR) is 69.6 cm³/mol. The molecule has 0 nitrogen and oxygen atoms in total. The van der Waals surface area contributed by atoms with E-state index in [1.165, 1.54) is 27.8 Å². The molecule has 15 heavy (non-hydrogen) atoms. The summed E-state index contributed by atoms with van der Waals surface area (Å²) in [7, 11) is 0. The van der Waals surface area contributed by atoms with Crippen molar-refractivity contribution in [3.05, 3.63) is 40.0 Å². The molecule has 1 heteroatoms. The van der Waals surface area contributed by atoms with Gasteiger partial charge in [-0.3, -0.25) is 0 Å². The van der Waals surface area contributed by atoms with E-state index in [-0.39, 0.29) is 0 Å². The molecule has 0 saturated carbocycles. The van der Waals surface area contributed by atoms with Crippen molar-refractivity contribution in [1.82, 2.24) is 0 Å². The lowest BCUT2D eigenvalue weighted by molar-refractivity contribution is 1.11. The third-order valence-electron chi connectivity index (χ3n) is 2.87. The highest BCUT2D eigenvalue weighted by Gasteiger charge is 2.00. The normalized spacial score (nSPS) is 11.9. The molecule has 0 N–H and O–H groups in total. The molecule has 0 heterocycles. The average Bonchev–Trinajstić information content (AvgIpc) is 2.21. The smallest absolute Gasteiger partial charge is 0.0436 e. The van der Waals surface area contributed by atoms with Crippen molar-refractivity contribution in [1.29, 1.82) is 0 Å². The third kappa shape index (κ3) is 3.10. The van der Waals surface area contributed by atoms with E-state index >= 15 is 0 Å². The fraction of sp³-hybridized carbons (Fsp3) is 0.429. The molecule has 0 atom stereocenters. The first-order valence-electron chi connectivity index (χ1n) is 5.41. The highest BCUT2D eigenvalue weighted by molar-refractivity contribution is 6.19. The van der Waals surface area contributed by atoms with Crippen LogP contribution in [0.3, 0.4) is 0 Å². The third-order valence-corrected chi connectivity index (χ3v) is 3.21. The molecule has 0 amide bonds. The summed E-state index contributed by atoms with van der Waals surface area (Å²) in [6, 6.07) is 4.48. The molecule has 0 saturated heterocycles. The molecular formula is C14H19Cl. The van der Waals surface area contributed by atoms with Crippen LogP contribution in [0.4, 0.5) is 0 Å². The summed E-state index contributed by atoms with van der Waals surface area (Å²) < 4.78 is 0. The van der Waals surface area contributed by atoms with Gasteiger partial charge in [0.15, 0.2) is 0 Å². The number of rotatable bonds is 3. The second-order valence-corrected chi connectivity index (χ2v) is 4.35. The molecule has 1 aromatic rings. The van der Waals surface area contributed by atoms with Gasteiger partial charge in [0, 0.05) is 5.88 Å². The zero-order chi connectivity index (χ0) is 11.4. The molecular weight excluding hydrogens is 204 g/mol. The van der Waals surface area contributed by atoms with Gasteiger partial charge in [-0.2, -0.15) is 0 Å². The van der Waals surface area contributed by atoms with Crippen LogP contribution >= 0.6 is 11.6 Å². The predicted octanol–water partition coefficient (Wildman–Crippen LogP) is 4.64. The first kappa shape index (κ1) is 12.3. The van der Waals surface area contributed by atoms with E-state index in [4.69, 9.17) is 11.6 Å². The van der Waals surface area contributed by atoms with Crippen molar-refractivity contribution >= 4 is 17.7 Å². The maximum atomic E-state index is 5.87. The number of hydrogen-bond acceptors (Lipinski definition) is 0. The average molecular weight is 223 g/mol. The van der Waals surface area contributed by atoms with Crippen LogP contribution in [0, 0.1) is 20.8 Å². The summed E-state index contributed by atoms with van der Waals surface area (Å²) in [5.74, 6) is 0.628. The molecule has 0 aliphatic rings. The van der Waals surface area contributed by atoms with Crippen LogP contribution < -0.4 is 0 Å². The Balaban J connectivity index is 3.15. The Kier molecular flexibility index (Phi) is 4.41. The van der Waals surface area contributed by atoms with E-state index < -0.39 is 0 Å². The number of halogens is 1. The van der Waals surface area contributed by atoms with Crippen LogP contribution in [-0.4, -0.2) is 5.88 Å². The lowest BCUT2D eigenvalue weighted by Gasteiger charge is -2.08. The van der Waals surface area contributed by atoms with E-state index in [1.807, 2.05) is 0 Å². The summed E-state index contributed by atoms with van der Waals surface area (Å²) in [5, 5.41) is 0. The van der Waals surface area contributed by atoms with Gasteiger partial charge >= 0.3 is 0 Å². The molecule has 1 aromatic carbocycles. The lowest BCUT2D eigenvalue weighted by atomic mass is 9.99. The molecule has 0 fully saturated rings. The minimum absolute atomic E-state index is 0.628. The fourth-order valence-electron chi connectivity index (χ4n) is 1.59. The number of hydrogen-bond donors (Lipinski definition) is 0.